The van der Waals surface area contributed by atoms with Gasteiger partial charge >= 0.3 is 6.18 Å². The number of alkyl halides is 3. The Balaban J connectivity index is 2.99. The zero-order valence-electron chi connectivity index (χ0n) is 11.1. The average molecular weight is 353 g/mol. The molecule has 0 aliphatic heterocycles. The first-order valence-electron chi connectivity index (χ1n) is 6.04. The maximum atomic E-state index is 12.7. The molecule has 0 aliphatic carbocycles. The third kappa shape index (κ3) is 4.49. The van der Waals surface area contributed by atoms with Gasteiger partial charge < -0.3 is 11.1 Å². The number of carbonyl (C=O) groups is 1. The number of halogens is 4. The highest BCUT2D eigenvalue weighted by Crippen LogP contribution is 2.33. The van der Waals surface area contributed by atoms with Gasteiger partial charge in [0.15, 0.2) is 0 Å². The SMILES string of the molecule is CCCC(C)(N)C(=O)Nc1cc(Br)cc(C(F)(F)F)c1. The van der Waals surface area contributed by atoms with E-state index in [1.807, 2.05) is 6.92 Å². The highest BCUT2D eigenvalue weighted by Gasteiger charge is 2.32. The van der Waals surface area contributed by atoms with Gasteiger partial charge in [0.05, 0.1) is 11.1 Å². The van der Waals surface area contributed by atoms with E-state index in [2.05, 4.69) is 21.2 Å². The molecule has 0 radical (unpaired) electrons. The summed E-state index contributed by atoms with van der Waals surface area (Å²) in [7, 11) is 0. The fourth-order valence-electron chi connectivity index (χ4n) is 1.73. The second-order valence-electron chi connectivity index (χ2n) is 4.85. The highest BCUT2D eigenvalue weighted by atomic mass is 79.9. The average Bonchev–Trinajstić information content (AvgIpc) is 2.26. The molecule has 3 nitrogen and oxygen atoms in total. The maximum absolute atomic E-state index is 12.7. The number of nitrogens with two attached hydrogens (primary N) is 1. The summed E-state index contributed by atoms with van der Waals surface area (Å²) in [6.07, 6.45) is -3.33. The van der Waals surface area contributed by atoms with E-state index in [9.17, 15) is 18.0 Å². The molecule has 0 fully saturated rings. The van der Waals surface area contributed by atoms with Gasteiger partial charge in [-0.3, -0.25) is 4.79 Å². The van der Waals surface area contributed by atoms with Gasteiger partial charge in [0.1, 0.15) is 0 Å². The topological polar surface area (TPSA) is 55.1 Å². The first kappa shape index (κ1) is 17.0. The Morgan fingerprint density at radius 1 is 1.35 bits per heavy atom. The van der Waals surface area contributed by atoms with Crippen LogP contribution in [0.1, 0.15) is 32.3 Å². The fourth-order valence-corrected chi connectivity index (χ4v) is 2.23. The van der Waals surface area contributed by atoms with Gasteiger partial charge in [0.25, 0.3) is 0 Å². The highest BCUT2D eigenvalue weighted by molar-refractivity contribution is 9.10. The van der Waals surface area contributed by atoms with E-state index in [1.54, 1.807) is 6.92 Å². The molecule has 1 atom stereocenters. The Hall–Kier alpha value is -1.08. The molecule has 0 heterocycles. The molecule has 20 heavy (non-hydrogen) atoms. The summed E-state index contributed by atoms with van der Waals surface area (Å²) in [6, 6.07) is 3.23. The number of anilines is 1. The van der Waals surface area contributed by atoms with E-state index in [4.69, 9.17) is 5.73 Å². The van der Waals surface area contributed by atoms with E-state index in [-0.39, 0.29) is 10.2 Å². The summed E-state index contributed by atoms with van der Waals surface area (Å²) >= 11 is 2.99. The minimum atomic E-state index is -4.47. The van der Waals surface area contributed by atoms with Crippen LogP contribution in [0.15, 0.2) is 22.7 Å². The standard InChI is InChI=1S/C13H16BrF3N2O/c1-3-4-12(2,18)11(20)19-10-6-8(13(15,16)17)5-9(14)7-10/h5-7H,3-4,18H2,1-2H3,(H,19,20). The summed E-state index contributed by atoms with van der Waals surface area (Å²) in [5.74, 6) is -0.509. The van der Waals surface area contributed by atoms with Crippen molar-refractivity contribution in [2.24, 2.45) is 5.73 Å². The number of carbonyl (C=O) groups excluding carboxylic acids is 1. The van der Waals surface area contributed by atoms with E-state index >= 15 is 0 Å². The summed E-state index contributed by atoms with van der Waals surface area (Å²) in [4.78, 5) is 12.0. The zero-order chi connectivity index (χ0) is 15.6. The molecule has 1 unspecified atom stereocenters. The monoisotopic (exact) mass is 352 g/mol. The Bertz CT molecular complexity index is 501. The smallest absolute Gasteiger partial charge is 0.324 e. The van der Waals surface area contributed by atoms with Crippen LogP contribution in [0, 0.1) is 0 Å². The molecule has 0 saturated heterocycles. The van der Waals surface area contributed by atoms with E-state index in [0.29, 0.717) is 12.8 Å². The molecule has 0 aliphatic rings. The minimum absolute atomic E-state index is 0.0597. The lowest BCUT2D eigenvalue weighted by Gasteiger charge is -2.23. The van der Waals surface area contributed by atoms with Crippen LogP contribution in [0.5, 0.6) is 0 Å². The van der Waals surface area contributed by atoms with Crippen molar-refractivity contribution in [2.75, 3.05) is 5.32 Å². The summed E-state index contributed by atoms with van der Waals surface area (Å²) in [5.41, 5.74) is 3.94. The number of benzene rings is 1. The fraction of sp³-hybridized carbons (Fsp3) is 0.462. The van der Waals surface area contributed by atoms with Gasteiger partial charge in [-0.05, 0) is 31.5 Å². The third-order valence-electron chi connectivity index (χ3n) is 2.77. The van der Waals surface area contributed by atoms with E-state index < -0.39 is 23.2 Å². The molecule has 0 saturated carbocycles. The Morgan fingerprint density at radius 2 is 1.95 bits per heavy atom. The number of nitrogens with one attached hydrogen (secondary N) is 1. The van der Waals surface area contributed by atoms with E-state index in [1.165, 1.54) is 6.07 Å². The number of hydrogen-bond acceptors (Lipinski definition) is 2. The third-order valence-corrected chi connectivity index (χ3v) is 3.23. The second-order valence-corrected chi connectivity index (χ2v) is 5.76. The normalized spacial score (nSPS) is 14.8. The molecule has 7 heteroatoms. The second kappa shape index (κ2) is 6.13. The van der Waals surface area contributed by atoms with Crippen molar-refractivity contribution in [1.82, 2.24) is 0 Å². The molecule has 0 bridgehead atoms. The molecular weight excluding hydrogens is 337 g/mol. The van der Waals surface area contributed by atoms with Crippen LogP contribution in [0.2, 0.25) is 0 Å². The first-order valence-corrected chi connectivity index (χ1v) is 6.83. The Labute approximate surface area is 123 Å². The molecule has 1 aromatic rings. The van der Waals surface area contributed by atoms with Gasteiger partial charge in [-0.1, -0.05) is 29.3 Å². The van der Waals surface area contributed by atoms with Crippen LogP contribution in [-0.2, 0) is 11.0 Å². The van der Waals surface area contributed by atoms with Gasteiger partial charge in [-0.15, -0.1) is 0 Å². The lowest BCUT2D eigenvalue weighted by Crippen LogP contribution is -2.48. The summed E-state index contributed by atoms with van der Waals surface area (Å²) < 4.78 is 38.3. The van der Waals surface area contributed by atoms with Crippen LogP contribution >= 0.6 is 15.9 Å². The molecule has 1 aromatic carbocycles. The number of rotatable bonds is 4. The van der Waals surface area contributed by atoms with Crippen molar-refractivity contribution < 1.29 is 18.0 Å². The van der Waals surface area contributed by atoms with Crippen LogP contribution in [0.25, 0.3) is 0 Å². The van der Waals surface area contributed by atoms with Crippen molar-refractivity contribution in [2.45, 2.75) is 38.4 Å². The molecular formula is C13H16BrF3N2O. The van der Waals surface area contributed by atoms with Crippen molar-refractivity contribution in [3.05, 3.63) is 28.2 Å². The van der Waals surface area contributed by atoms with Crippen molar-refractivity contribution >= 4 is 27.5 Å². The maximum Gasteiger partial charge on any atom is 0.416 e. The Kier molecular flexibility index (Phi) is 5.21. The first-order chi connectivity index (χ1) is 9.06. The minimum Gasteiger partial charge on any atom is -0.324 e. The van der Waals surface area contributed by atoms with Crippen molar-refractivity contribution in [3.63, 3.8) is 0 Å². The molecule has 3 N–H and O–H groups in total. The Morgan fingerprint density at radius 3 is 2.45 bits per heavy atom. The quantitative estimate of drug-likeness (QED) is 0.862. The van der Waals surface area contributed by atoms with Gasteiger partial charge in [-0.2, -0.15) is 13.2 Å². The molecule has 1 rings (SSSR count). The van der Waals surface area contributed by atoms with E-state index in [0.717, 1.165) is 12.1 Å². The molecule has 0 aromatic heterocycles. The molecule has 112 valence electrons. The van der Waals surface area contributed by atoms with Crippen molar-refractivity contribution in [3.8, 4) is 0 Å². The predicted molar refractivity (Wildman–Crippen MR) is 75.3 cm³/mol. The van der Waals surface area contributed by atoms with Crippen molar-refractivity contribution in [1.29, 1.82) is 0 Å². The molecule has 1 amide bonds. The van der Waals surface area contributed by atoms with Crippen LogP contribution < -0.4 is 11.1 Å². The number of hydrogen-bond donors (Lipinski definition) is 2. The number of amides is 1. The predicted octanol–water partition coefficient (Wildman–Crippen LogP) is 3.92. The van der Waals surface area contributed by atoms with Crippen LogP contribution in [0.4, 0.5) is 18.9 Å². The lowest BCUT2D eigenvalue weighted by molar-refractivity contribution is -0.137. The van der Waals surface area contributed by atoms with Gasteiger partial charge in [0.2, 0.25) is 5.91 Å². The largest absolute Gasteiger partial charge is 0.416 e. The summed E-state index contributed by atoms with van der Waals surface area (Å²) in [6.45, 7) is 3.42. The van der Waals surface area contributed by atoms with Gasteiger partial charge in [0, 0.05) is 10.2 Å². The van der Waals surface area contributed by atoms with Gasteiger partial charge in [-0.25, -0.2) is 0 Å². The summed E-state index contributed by atoms with van der Waals surface area (Å²) in [5, 5.41) is 2.43. The zero-order valence-corrected chi connectivity index (χ0v) is 12.7. The van der Waals surface area contributed by atoms with Crippen LogP contribution in [-0.4, -0.2) is 11.4 Å². The molecule has 0 spiro atoms. The van der Waals surface area contributed by atoms with Crippen LogP contribution in [0.3, 0.4) is 0 Å². The lowest BCUT2D eigenvalue weighted by atomic mass is 9.96.